The van der Waals surface area contributed by atoms with Crippen molar-refractivity contribution in [2.45, 2.75) is 51.9 Å². The number of methoxy groups -OCH3 is 1. The van der Waals surface area contributed by atoms with E-state index in [1.54, 1.807) is 12.1 Å². The number of ether oxygens (including phenoxy) is 2. The van der Waals surface area contributed by atoms with Crippen molar-refractivity contribution in [1.29, 1.82) is 0 Å². The summed E-state index contributed by atoms with van der Waals surface area (Å²) in [4.78, 5) is 15.8. The second-order valence-corrected chi connectivity index (χ2v) is 9.22. The Morgan fingerprint density at radius 3 is 2.44 bits per heavy atom. The Bertz CT molecular complexity index is 1220. The molecule has 3 heterocycles. The van der Waals surface area contributed by atoms with Crippen molar-refractivity contribution in [2.24, 2.45) is 5.92 Å². The van der Waals surface area contributed by atoms with Crippen LogP contribution < -0.4 is 9.64 Å². The number of benzene rings is 1. The molecule has 0 N–H and O–H groups in total. The zero-order valence-electron chi connectivity index (χ0n) is 19.1. The van der Waals surface area contributed by atoms with E-state index < -0.39 is 18.9 Å². The van der Waals surface area contributed by atoms with E-state index >= 15 is 0 Å². The molecule has 0 radical (unpaired) electrons. The van der Waals surface area contributed by atoms with Crippen LogP contribution in [-0.4, -0.2) is 46.0 Å². The first-order valence-electron chi connectivity index (χ1n) is 11.2. The van der Waals surface area contributed by atoms with Crippen LogP contribution in [0.15, 0.2) is 12.1 Å². The lowest BCUT2D eigenvalue weighted by atomic mass is 10.0. The summed E-state index contributed by atoms with van der Waals surface area (Å²) in [6.45, 7) is 3.86. The Morgan fingerprint density at radius 2 is 1.82 bits per heavy atom. The first-order chi connectivity index (χ1) is 16.2. The van der Waals surface area contributed by atoms with Crippen molar-refractivity contribution in [1.82, 2.24) is 19.5 Å². The highest BCUT2D eigenvalue weighted by Crippen LogP contribution is 2.47. The van der Waals surface area contributed by atoms with Gasteiger partial charge in [-0.1, -0.05) is 17.7 Å². The highest BCUT2D eigenvalue weighted by molar-refractivity contribution is 6.35. The molecule has 11 heteroatoms. The zero-order chi connectivity index (χ0) is 24.2. The summed E-state index contributed by atoms with van der Waals surface area (Å²) in [6.07, 6.45) is -2.57. The van der Waals surface area contributed by atoms with Crippen LogP contribution in [0.3, 0.4) is 0 Å². The number of aromatic nitrogens is 4. The predicted octanol–water partition coefficient (Wildman–Crippen LogP) is 5.68. The number of anilines is 2. The first-order valence-corrected chi connectivity index (χ1v) is 11.6. The van der Waals surface area contributed by atoms with Gasteiger partial charge in [0.2, 0.25) is 5.95 Å². The second-order valence-electron chi connectivity index (χ2n) is 8.82. The Labute approximate surface area is 199 Å². The van der Waals surface area contributed by atoms with Gasteiger partial charge in [-0.2, -0.15) is 23.1 Å². The molecular formula is C23H25ClF3N5O2. The molecule has 0 spiro atoms. The van der Waals surface area contributed by atoms with E-state index in [2.05, 4.69) is 14.9 Å². The predicted molar refractivity (Wildman–Crippen MR) is 122 cm³/mol. The molecule has 1 aliphatic heterocycles. The van der Waals surface area contributed by atoms with Gasteiger partial charge in [0.15, 0.2) is 0 Å². The number of nitrogens with zero attached hydrogens (tertiary/aromatic N) is 5. The number of hydrogen-bond donors (Lipinski definition) is 0. The normalized spacial score (nSPS) is 17.2. The van der Waals surface area contributed by atoms with Crippen molar-refractivity contribution in [3.05, 3.63) is 34.1 Å². The number of alkyl halides is 3. The van der Waals surface area contributed by atoms with Gasteiger partial charge in [0, 0.05) is 18.7 Å². The minimum atomic E-state index is -4.39. The number of fused-ring (bicyclic) bond motifs is 3. The van der Waals surface area contributed by atoms with Crippen LogP contribution in [0, 0.1) is 19.8 Å². The molecule has 1 fully saturated rings. The molecule has 1 atom stereocenters. The third-order valence-corrected chi connectivity index (χ3v) is 6.61. The molecule has 1 saturated carbocycles. The Kier molecular flexibility index (Phi) is 5.84. The van der Waals surface area contributed by atoms with Crippen molar-refractivity contribution in [3.63, 3.8) is 0 Å². The van der Waals surface area contributed by atoms with Crippen LogP contribution >= 0.6 is 11.6 Å². The Hall–Kier alpha value is -2.59. The average molecular weight is 496 g/mol. The molecular weight excluding hydrogens is 471 g/mol. The molecule has 0 amide bonds. The third kappa shape index (κ3) is 4.17. The summed E-state index contributed by atoms with van der Waals surface area (Å²) in [5.41, 5.74) is 4.33. The highest BCUT2D eigenvalue weighted by atomic mass is 35.5. The van der Waals surface area contributed by atoms with E-state index in [1.165, 1.54) is 7.11 Å². The van der Waals surface area contributed by atoms with Crippen molar-refractivity contribution >= 4 is 34.3 Å². The monoisotopic (exact) mass is 495 g/mol. The van der Waals surface area contributed by atoms with Crippen molar-refractivity contribution in [3.8, 4) is 6.01 Å². The fraction of sp³-hybridized carbons (Fsp3) is 0.522. The van der Waals surface area contributed by atoms with E-state index in [0.717, 1.165) is 41.9 Å². The van der Waals surface area contributed by atoms with E-state index in [0.29, 0.717) is 41.2 Å². The van der Waals surface area contributed by atoms with Crippen LogP contribution in [0.4, 0.5) is 24.8 Å². The van der Waals surface area contributed by atoms with Gasteiger partial charge in [-0.15, -0.1) is 0 Å². The molecule has 7 nitrogen and oxygen atoms in total. The number of imidazole rings is 1. The number of aryl methyl sites for hydroxylation is 3. The van der Waals surface area contributed by atoms with Crippen LogP contribution in [0.2, 0.25) is 5.02 Å². The maximum Gasteiger partial charge on any atom is 0.411 e. The van der Waals surface area contributed by atoms with Gasteiger partial charge in [0.25, 0.3) is 0 Å². The van der Waals surface area contributed by atoms with Crippen LogP contribution in [-0.2, 0) is 11.3 Å². The lowest BCUT2D eigenvalue weighted by Crippen LogP contribution is -2.30. The van der Waals surface area contributed by atoms with Gasteiger partial charge in [0.1, 0.15) is 12.1 Å². The summed E-state index contributed by atoms with van der Waals surface area (Å²) in [6, 6.07) is 3.77. The maximum atomic E-state index is 13.0. The van der Waals surface area contributed by atoms with E-state index in [9.17, 15) is 13.2 Å². The van der Waals surface area contributed by atoms with Gasteiger partial charge < -0.3 is 18.9 Å². The van der Waals surface area contributed by atoms with Crippen LogP contribution in [0.5, 0.6) is 6.01 Å². The summed E-state index contributed by atoms with van der Waals surface area (Å²) >= 11 is 6.54. The molecule has 182 valence electrons. The molecule has 1 unspecified atom stereocenters. The van der Waals surface area contributed by atoms with Gasteiger partial charge >= 0.3 is 12.2 Å². The molecule has 0 saturated heterocycles. The summed E-state index contributed by atoms with van der Waals surface area (Å²) in [5, 5.41) is 0.449. The lowest BCUT2D eigenvalue weighted by molar-refractivity contribution is -0.188. The van der Waals surface area contributed by atoms with Crippen LogP contribution in [0.1, 0.15) is 42.3 Å². The first kappa shape index (κ1) is 23.2. The van der Waals surface area contributed by atoms with Gasteiger partial charge in [-0.05, 0) is 45.1 Å². The molecule has 2 aliphatic rings. The van der Waals surface area contributed by atoms with Crippen LogP contribution in [0.25, 0.3) is 11.0 Å². The molecule has 5 rings (SSSR count). The van der Waals surface area contributed by atoms with Gasteiger partial charge in [0.05, 0.1) is 40.8 Å². The molecule has 2 aromatic heterocycles. The zero-order valence-corrected chi connectivity index (χ0v) is 19.9. The molecule has 0 bridgehead atoms. The van der Waals surface area contributed by atoms with E-state index in [-0.39, 0.29) is 5.92 Å². The molecule has 1 aliphatic carbocycles. The molecule has 34 heavy (non-hydrogen) atoms. The molecule has 3 aromatic rings. The fourth-order valence-corrected chi connectivity index (χ4v) is 4.99. The number of rotatable bonds is 6. The Morgan fingerprint density at radius 1 is 1.12 bits per heavy atom. The van der Waals surface area contributed by atoms with E-state index in [4.69, 9.17) is 26.1 Å². The topological polar surface area (TPSA) is 65.3 Å². The maximum absolute atomic E-state index is 13.0. The minimum Gasteiger partial charge on any atom is -0.467 e. The smallest absolute Gasteiger partial charge is 0.411 e. The minimum absolute atomic E-state index is 0.0528. The average Bonchev–Trinajstić information content (AvgIpc) is 3.53. The van der Waals surface area contributed by atoms with Crippen molar-refractivity contribution in [2.75, 3.05) is 25.2 Å². The van der Waals surface area contributed by atoms with Gasteiger partial charge in [-0.3, -0.25) is 0 Å². The SMILES string of the molecule is COc1nc(C)c(N2CCCn3c2nc2c(Cl)ccc(C(OCC(F)(F)F)C4CC4)c23)c(C)n1. The number of hydrogen-bond acceptors (Lipinski definition) is 6. The van der Waals surface area contributed by atoms with E-state index in [1.807, 2.05) is 18.4 Å². The quantitative estimate of drug-likeness (QED) is 0.438. The number of halogens is 4. The molecule has 1 aromatic carbocycles. The lowest BCUT2D eigenvalue weighted by Gasteiger charge is -2.31. The standard InChI is InChI=1S/C23H25ClF3N5O2/c1-12-18(13(2)29-21(28-12)33-3)31-9-4-10-32-19-15(7-8-16(24)17(19)30-22(31)32)20(14-5-6-14)34-11-23(25,26)27/h7-8,14,20H,4-6,9-11H2,1-3H3. The highest BCUT2D eigenvalue weighted by Gasteiger charge is 2.39. The Balaban J connectivity index is 1.64. The van der Waals surface area contributed by atoms with Gasteiger partial charge in [-0.25, -0.2) is 4.98 Å². The fourth-order valence-electron chi connectivity index (χ4n) is 4.79. The summed E-state index contributed by atoms with van der Waals surface area (Å²) in [7, 11) is 1.52. The van der Waals surface area contributed by atoms with Crippen molar-refractivity contribution < 1.29 is 22.6 Å². The second kappa shape index (κ2) is 8.57. The summed E-state index contributed by atoms with van der Waals surface area (Å²) in [5.74, 6) is 0.720. The largest absolute Gasteiger partial charge is 0.467 e. The third-order valence-electron chi connectivity index (χ3n) is 6.31. The summed E-state index contributed by atoms with van der Waals surface area (Å²) < 4.78 is 51.6.